The second-order valence-corrected chi connectivity index (χ2v) is 3.09. The Morgan fingerprint density at radius 1 is 0.548 bits per heavy atom. The van der Waals surface area contributed by atoms with Gasteiger partial charge in [-0.15, -0.1) is 33.6 Å². The summed E-state index contributed by atoms with van der Waals surface area (Å²) in [6.45, 7) is 6.00. The van der Waals surface area contributed by atoms with E-state index in [1.54, 1.807) is 49.6 Å². The van der Waals surface area contributed by atoms with Crippen molar-refractivity contribution < 1.29 is 29.7 Å². The van der Waals surface area contributed by atoms with Crippen LogP contribution in [0.4, 0.5) is 0 Å². The number of nitrogens with one attached hydrogen (secondary N) is 4. The van der Waals surface area contributed by atoms with Crippen molar-refractivity contribution in [2.75, 3.05) is 0 Å². The summed E-state index contributed by atoms with van der Waals surface area (Å²) >= 11 is 0. The maximum absolute atomic E-state index is 8.25. The molecule has 0 radical (unpaired) electrons. The Labute approximate surface area is 185 Å². The van der Waals surface area contributed by atoms with Gasteiger partial charge in [0.25, 0.3) is 0 Å². The van der Waals surface area contributed by atoms with E-state index in [2.05, 4.69) is 74.8 Å². The van der Waals surface area contributed by atoms with Crippen LogP contribution in [-0.2, 0) is 19.5 Å². The maximum Gasteiger partial charge on any atom is 2.00 e. The van der Waals surface area contributed by atoms with Crippen molar-refractivity contribution in [1.82, 2.24) is 61.6 Å². The van der Waals surface area contributed by atoms with Crippen molar-refractivity contribution in [2.45, 2.75) is 0 Å². The SMILES string of the molecule is C=C.O=[N+]([O-])[O-].O=[N+]([O-])[O-].[Zn+2].c1c[nH]nn1.c1c[nH]nn1.c1c[nH]nn1.c1c[nH]nn1. The zero-order valence-electron chi connectivity index (χ0n) is 15.7. The van der Waals surface area contributed by atoms with Crippen molar-refractivity contribution in [3.63, 3.8) is 0 Å². The van der Waals surface area contributed by atoms with Gasteiger partial charge in [0, 0.05) is 24.8 Å². The molecule has 21 heteroatoms. The van der Waals surface area contributed by atoms with Crippen LogP contribution in [0.1, 0.15) is 0 Å². The van der Waals surface area contributed by atoms with E-state index in [0.29, 0.717) is 0 Å². The molecule has 4 aromatic heterocycles. The maximum atomic E-state index is 8.25. The van der Waals surface area contributed by atoms with Crippen LogP contribution < -0.4 is 0 Å². The monoisotopic (exact) mass is 492 g/mol. The van der Waals surface area contributed by atoms with Crippen LogP contribution in [0.2, 0.25) is 0 Å². The van der Waals surface area contributed by atoms with E-state index in [1.807, 2.05) is 0 Å². The summed E-state index contributed by atoms with van der Waals surface area (Å²) in [6, 6.07) is 0. The number of aromatic amines is 4. The zero-order valence-corrected chi connectivity index (χ0v) is 18.6. The van der Waals surface area contributed by atoms with Crippen LogP contribution >= 0.6 is 0 Å². The molecule has 164 valence electrons. The molecule has 4 aromatic rings. The van der Waals surface area contributed by atoms with Crippen molar-refractivity contribution in [1.29, 1.82) is 0 Å². The number of H-pyrrole nitrogens is 4. The first-order valence-corrected chi connectivity index (χ1v) is 6.81. The van der Waals surface area contributed by atoms with Gasteiger partial charge in [-0.25, -0.2) is 0 Å². The third-order valence-corrected chi connectivity index (χ3v) is 1.32. The molecule has 4 rings (SSSR count). The number of rotatable bonds is 0. The molecule has 0 saturated heterocycles. The van der Waals surface area contributed by atoms with Gasteiger partial charge in [0.05, 0.1) is 35.0 Å². The molecule has 0 aliphatic rings. The van der Waals surface area contributed by atoms with Crippen molar-refractivity contribution in [3.05, 3.63) is 93.4 Å². The largest absolute Gasteiger partial charge is 2.00 e. The summed E-state index contributed by atoms with van der Waals surface area (Å²) < 4.78 is 0. The summed E-state index contributed by atoms with van der Waals surface area (Å²) in [4.78, 5) is 16.5. The smallest absolute Gasteiger partial charge is 0.356 e. The minimum atomic E-state index is -1.75. The Bertz CT molecular complexity index is 545. The molecule has 0 spiro atoms. The third kappa shape index (κ3) is 58.7. The predicted molar refractivity (Wildman–Crippen MR) is 97.5 cm³/mol. The molecule has 0 atom stereocenters. The van der Waals surface area contributed by atoms with E-state index in [4.69, 9.17) is 30.6 Å². The standard InChI is InChI=1S/4C2H3N3.C2H4.2NO3.Zn/c4*1-2-4-5-3-1;1-2;2*2-1(3)4;/h4*1-2H,(H,3,4,5);1-2H2;;;/q;;;;;2*-1;+2. The van der Waals surface area contributed by atoms with Crippen LogP contribution in [0.3, 0.4) is 0 Å². The van der Waals surface area contributed by atoms with E-state index in [9.17, 15) is 0 Å². The van der Waals surface area contributed by atoms with Gasteiger partial charge in [-0.1, -0.05) is 20.9 Å². The third-order valence-electron chi connectivity index (χ3n) is 1.32. The van der Waals surface area contributed by atoms with Crippen molar-refractivity contribution >= 4 is 0 Å². The Morgan fingerprint density at radius 2 is 0.710 bits per heavy atom. The molecule has 0 aliphatic heterocycles. The van der Waals surface area contributed by atoms with Crippen LogP contribution in [0.25, 0.3) is 0 Å². The quantitative estimate of drug-likeness (QED) is 0.104. The van der Waals surface area contributed by atoms with Gasteiger partial charge in [0.15, 0.2) is 0 Å². The fraction of sp³-hybridized carbons (Fsp3) is 0. The molecule has 31 heavy (non-hydrogen) atoms. The topological polar surface area (TPSA) is 299 Å². The molecule has 0 aromatic carbocycles. The minimum Gasteiger partial charge on any atom is -0.356 e. The Hall–Kier alpha value is -4.68. The van der Waals surface area contributed by atoms with E-state index in [1.165, 1.54) is 0 Å². The Balaban J connectivity index is -0.000000139. The molecular formula is C10H16N14O6Zn. The summed E-state index contributed by atoms with van der Waals surface area (Å²) in [5, 5.41) is 66.6. The molecule has 0 bridgehead atoms. The predicted octanol–water partition coefficient (Wildman–Crippen LogP) is -0.460. The Kier molecular flexibility index (Phi) is 36.0. The van der Waals surface area contributed by atoms with Gasteiger partial charge in [-0.05, 0) is 0 Å². The first-order chi connectivity index (χ1) is 14.5. The first-order valence-electron chi connectivity index (χ1n) is 6.81. The molecule has 0 amide bonds. The average molecular weight is 494 g/mol. The van der Waals surface area contributed by atoms with Crippen LogP contribution in [0.15, 0.2) is 62.7 Å². The van der Waals surface area contributed by atoms with Gasteiger partial charge in [-0.2, -0.15) is 0 Å². The van der Waals surface area contributed by atoms with Crippen LogP contribution in [0.5, 0.6) is 0 Å². The van der Waals surface area contributed by atoms with Crippen LogP contribution in [-0.4, -0.2) is 71.8 Å². The second kappa shape index (κ2) is 33.0. The van der Waals surface area contributed by atoms with Crippen molar-refractivity contribution in [2.24, 2.45) is 0 Å². The Morgan fingerprint density at radius 3 is 0.742 bits per heavy atom. The normalized spacial score (nSPS) is 6.84. The molecule has 0 unspecified atom stereocenters. The number of hydrogen-bond donors (Lipinski definition) is 4. The molecular weight excluding hydrogens is 478 g/mol. The summed E-state index contributed by atoms with van der Waals surface area (Å²) in [7, 11) is 0. The van der Waals surface area contributed by atoms with Crippen molar-refractivity contribution in [3.8, 4) is 0 Å². The van der Waals surface area contributed by atoms with E-state index < -0.39 is 10.2 Å². The van der Waals surface area contributed by atoms with Gasteiger partial charge in [0.1, 0.15) is 0 Å². The molecule has 0 fully saturated rings. The first kappa shape index (κ1) is 33.9. The molecule has 20 nitrogen and oxygen atoms in total. The van der Waals surface area contributed by atoms with E-state index in [-0.39, 0.29) is 19.5 Å². The fourth-order valence-corrected chi connectivity index (χ4v) is 0.667. The average Bonchev–Trinajstić information content (AvgIpc) is 3.54. The van der Waals surface area contributed by atoms with Gasteiger partial charge in [0.2, 0.25) is 0 Å². The minimum absolute atomic E-state index is 0. The summed E-state index contributed by atoms with van der Waals surface area (Å²) in [6.07, 6.45) is 12.9. The molecule has 4 heterocycles. The number of aromatic nitrogens is 12. The molecule has 0 saturated carbocycles. The van der Waals surface area contributed by atoms with E-state index >= 15 is 0 Å². The van der Waals surface area contributed by atoms with Gasteiger partial charge < -0.3 is 30.6 Å². The molecule has 0 aliphatic carbocycles. The number of hydrogen-bond acceptors (Lipinski definition) is 14. The number of nitrogens with zero attached hydrogens (tertiary/aromatic N) is 10. The summed E-state index contributed by atoms with van der Waals surface area (Å²) in [5.41, 5.74) is 0. The van der Waals surface area contributed by atoms with Gasteiger partial charge in [-0.3, -0.25) is 20.4 Å². The molecule has 4 N–H and O–H groups in total. The second-order valence-electron chi connectivity index (χ2n) is 3.09. The van der Waals surface area contributed by atoms with Crippen LogP contribution in [0, 0.1) is 30.6 Å². The fourth-order valence-electron chi connectivity index (χ4n) is 0.667. The zero-order chi connectivity index (χ0) is 23.3. The van der Waals surface area contributed by atoms with Gasteiger partial charge >= 0.3 is 19.5 Å². The van der Waals surface area contributed by atoms with E-state index in [0.717, 1.165) is 0 Å². The summed E-state index contributed by atoms with van der Waals surface area (Å²) in [5.74, 6) is 0.